The van der Waals surface area contributed by atoms with Gasteiger partial charge in [-0.3, -0.25) is 25.0 Å². The number of hydrogen-bond donors (Lipinski definition) is 1. The van der Waals surface area contributed by atoms with Crippen molar-refractivity contribution in [1.29, 1.82) is 0 Å². The van der Waals surface area contributed by atoms with E-state index < -0.39 is 27.1 Å². The van der Waals surface area contributed by atoms with Crippen molar-refractivity contribution in [2.45, 2.75) is 27.2 Å². The normalized spacial score (nSPS) is 10.7. The topological polar surface area (TPSA) is 165 Å². The first kappa shape index (κ1) is 30.6. The van der Waals surface area contributed by atoms with Crippen LogP contribution in [0.15, 0.2) is 53.6 Å². The van der Waals surface area contributed by atoms with E-state index in [9.17, 15) is 25.0 Å². The molecule has 0 saturated carbocycles. The van der Waals surface area contributed by atoms with Gasteiger partial charge in [-0.25, -0.2) is 5.43 Å². The van der Waals surface area contributed by atoms with E-state index in [0.717, 1.165) is 24.6 Å². The van der Waals surface area contributed by atoms with Crippen LogP contribution in [0.25, 0.3) is 0 Å². The second-order valence-corrected chi connectivity index (χ2v) is 8.58. The maximum Gasteiger partial charge on any atom is 0.318 e. The van der Waals surface area contributed by atoms with Crippen LogP contribution in [0.3, 0.4) is 0 Å². The molecule has 41 heavy (non-hydrogen) atoms. The number of carbonyl (C=O) groups excluding carboxylic acids is 1. The second-order valence-electron chi connectivity index (χ2n) is 8.17. The molecule has 0 radical (unpaired) electrons. The average Bonchev–Trinajstić information content (AvgIpc) is 2.94. The maximum absolute atomic E-state index is 12.7. The minimum atomic E-state index is -0.802. The van der Waals surface area contributed by atoms with Gasteiger partial charge in [-0.05, 0) is 62.2 Å². The molecule has 1 amide bonds. The fourth-order valence-electron chi connectivity index (χ4n) is 3.46. The number of non-ortho nitro benzene ring substituents is 1. The number of hydrogen-bond acceptors (Lipinski definition) is 10. The molecule has 3 rings (SSSR count). The second kappa shape index (κ2) is 14.5. The zero-order chi connectivity index (χ0) is 29.9. The number of nitrogens with zero attached hydrogens (tertiary/aromatic N) is 3. The first-order valence-electron chi connectivity index (χ1n) is 12.5. The van der Waals surface area contributed by atoms with Crippen molar-refractivity contribution >= 4 is 35.1 Å². The Morgan fingerprint density at radius 1 is 0.902 bits per heavy atom. The van der Waals surface area contributed by atoms with Crippen LogP contribution in [0.2, 0.25) is 5.02 Å². The number of hydrazone groups is 1. The SMILES string of the molecule is CCCOc1ccc(C(=O)N/N=C/c2cc(Cl)c(Oc3ccc([N+](=O)[O-])cc3[N+](=O)[O-])c(OCC)c2)cc1OCC. The molecule has 0 spiro atoms. The summed E-state index contributed by atoms with van der Waals surface area (Å²) in [5.41, 5.74) is 2.06. The van der Waals surface area contributed by atoms with Crippen LogP contribution in [0.1, 0.15) is 43.1 Å². The molecule has 0 fully saturated rings. The van der Waals surface area contributed by atoms with Crippen molar-refractivity contribution < 1.29 is 33.6 Å². The van der Waals surface area contributed by atoms with Crippen LogP contribution >= 0.6 is 11.6 Å². The number of nitro benzene ring substituents is 2. The quantitative estimate of drug-likeness (QED) is 0.130. The summed E-state index contributed by atoms with van der Waals surface area (Å²) in [5, 5.41) is 26.5. The lowest BCUT2D eigenvalue weighted by Gasteiger charge is -2.14. The van der Waals surface area contributed by atoms with E-state index in [0.29, 0.717) is 35.8 Å². The average molecular weight is 587 g/mol. The van der Waals surface area contributed by atoms with E-state index in [1.54, 1.807) is 25.1 Å². The van der Waals surface area contributed by atoms with E-state index in [1.807, 2.05) is 13.8 Å². The van der Waals surface area contributed by atoms with Crippen LogP contribution in [0, 0.1) is 20.2 Å². The number of amides is 1. The molecule has 3 aromatic carbocycles. The van der Waals surface area contributed by atoms with E-state index in [4.69, 9.17) is 30.5 Å². The zero-order valence-electron chi connectivity index (χ0n) is 22.4. The number of nitro groups is 2. The van der Waals surface area contributed by atoms with Crippen molar-refractivity contribution in [3.8, 4) is 28.7 Å². The third kappa shape index (κ3) is 8.05. The van der Waals surface area contributed by atoms with Gasteiger partial charge in [-0.15, -0.1) is 0 Å². The lowest BCUT2D eigenvalue weighted by molar-refractivity contribution is -0.394. The summed E-state index contributed by atoms with van der Waals surface area (Å²) in [7, 11) is 0. The van der Waals surface area contributed by atoms with E-state index in [-0.39, 0.29) is 28.9 Å². The number of nitrogens with one attached hydrogen (secondary N) is 1. The Labute approximate surface area is 239 Å². The molecular formula is C27H27ClN4O9. The summed E-state index contributed by atoms with van der Waals surface area (Å²) in [6, 6.07) is 10.7. The van der Waals surface area contributed by atoms with Gasteiger partial charge in [0.2, 0.25) is 5.75 Å². The molecule has 0 aliphatic rings. The van der Waals surface area contributed by atoms with Gasteiger partial charge in [0, 0.05) is 11.6 Å². The van der Waals surface area contributed by atoms with Gasteiger partial charge in [0.25, 0.3) is 11.6 Å². The highest BCUT2D eigenvalue weighted by Crippen LogP contribution is 2.42. The molecular weight excluding hydrogens is 560 g/mol. The molecule has 0 bridgehead atoms. The fraction of sp³-hybridized carbons (Fsp3) is 0.259. The van der Waals surface area contributed by atoms with Gasteiger partial charge in [-0.1, -0.05) is 18.5 Å². The van der Waals surface area contributed by atoms with Crippen molar-refractivity contribution in [3.63, 3.8) is 0 Å². The van der Waals surface area contributed by atoms with Gasteiger partial charge >= 0.3 is 5.69 Å². The van der Waals surface area contributed by atoms with Gasteiger partial charge < -0.3 is 18.9 Å². The lowest BCUT2D eigenvalue weighted by Crippen LogP contribution is -2.17. The summed E-state index contributed by atoms with van der Waals surface area (Å²) < 4.78 is 22.5. The molecule has 0 aromatic heterocycles. The van der Waals surface area contributed by atoms with Gasteiger partial charge in [-0.2, -0.15) is 5.10 Å². The Bertz CT molecular complexity index is 1460. The van der Waals surface area contributed by atoms with Crippen molar-refractivity contribution in [2.75, 3.05) is 19.8 Å². The van der Waals surface area contributed by atoms with Gasteiger partial charge in [0.1, 0.15) is 0 Å². The molecule has 0 aliphatic heterocycles. The zero-order valence-corrected chi connectivity index (χ0v) is 23.2. The van der Waals surface area contributed by atoms with Crippen LogP contribution in [0.4, 0.5) is 11.4 Å². The Morgan fingerprint density at radius 2 is 1.61 bits per heavy atom. The van der Waals surface area contributed by atoms with Crippen molar-refractivity contribution in [2.24, 2.45) is 5.10 Å². The highest BCUT2D eigenvalue weighted by Gasteiger charge is 2.23. The Hall–Kier alpha value is -4.91. The summed E-state index contributed by atoms with van der Waals surface area (Å²) in [5.74, 6) is 0.299. The molecule has 0 heterocycles. The summed E-state index contributed by atoms with van der Waals surface area (Å²) in [6.07, 6.45) is 2.15. The molecule has 216 valence electrons. The summed E-state index contributed by atoms with van der Waals surface area (Å²) >= 11 is 6.41. The number of halogens is 1. The molecule has 0 aliphatic carbocycles. The van der Waals surface area contributed by atoms with Crippen LogP contribution in [-0.2, 0) is 0 Å². The molecule has 0 atom stereocenters. The highest BCUT2D eigenvalue weighted by molar-refractivity contribution is 6.32. The molecule has 14 heteroatoms. The largest absolute Gasteiger partial charge is 0.490 e. The standard InChI is InChI=1S/C27H27ClN4O9/c1-4-11-40-23-9-7-18(14-24(23)38-5-2)27(33)30-29-16-17-12-20(28)26(25(13-17)39-6-3)41-22-10-8-19(31(34)35)15-21(22)32(36)37/h7-10,12-16H,4-6,11H2,1-3H3,(H,30,33)/b29-16+. The highest BCUT2D eigenvalue weighted by atomic mass is 35.5. The third-order valence-corrected chi connectivity index (χ3v) is 5.52. The minimum absolute atomic E-state index is 0.0143. The first-order chi connectivity index (χ1) is 19.7. The number of rotatable bonds is 14. The smallest absolute Gasteiger partial charge is 0.318 e. The van der Waals surface area contributed by atoms with Crippen LogP contribution in [-0.4, -0.2) is 41.8 Å². The first-order valence-corrected chi connectivity index (χ1v) is 12.9. The predicted molar refractivity (Wildman–Crippen MR) is 151 cm³/mol. The summed E-state index contributed by atoms with van der Waals surface area (Å²) in [6.45, 7) is 6.62. The summed E-state index contributed by atoms with van der Waals surface area (Å²) in [4.78, 5) is 33.6. The van der Waals surface area contributed by atoms with Crippen molar-refractivity contribution in [1.82, 2.24) is 5.43 Å². The Kier molecular flexibility index (Phi) is 10.8. The van der Waals surface area contributed by atoms with E-state index in [2.05, 4.69) is 10.5 Å². The molecule has 13 nitrogen and oxygen atoms in total. The lowest BCUT2D eigenvalue weighted by atomic mass is 10.2. The molecule has 0 unspecified atom stereocenters. The van der Waals surface area contributed by atoms with Gasteiger partial charge in [0.05, 0.1) is 47.0 Å². The number of benzene rings is 3. The van der Waals surface area contributed by atoms with Crippen LogP contribution < -0.4 is 24.4 Å². The van der Waals surface area contributed by atoms with Gasteiger partial charge in [0.15, 0.2) is 23.0 Å². The number of carbonyl (C=O) groups is 1. The third-order valence-electron chi connectivity index (χ3n) is 5.24. The maximum atomic E-state index is 12.7. The van der Waals surface area contributed by atoms with Crippen LogP contribution in [0.5, 0.6) is 28.7 Å². The van der Waals surface area contributed by atoms with Crippen molar-refractivity contribution in [3.05, 3.63) is 84.9 Å². The fourth-order valence-corrected chi connectivity index (χ4v) is 3.72. The molecule has 1 N–H and O–H groups in total. The Morgan fingerprint density at radius 3 is 2.27 bits per heavy atom. The van der Waals surface area contributed by atoms with E-state index in [1.165, 1.54) is 18.3 Å². The number of ether oxygens (including phenoxy) is 4. The Balaban J connectivity index is 1.82. The minimum Gasteiger partial charge on any atom is -0.490 e. The monoisotopic (exact) mass is 586 g/mol. The molecule has 3 aromatic rings. The predicted octanol–water partition coefficient (Wildman–Crippen LogP) is 6.30. The van der Waals surface area contributed by atoms with E-state index >= 15 is 0 Å². The molecule has 0 saturated heterocycles.